The molecule has 0 aliphatic carbocycles. The summed E-state index contributed by atoms with van der Waals surface area (Å²) in [7, 11) is 0. The fraction of sp³-hybridized carbons (Fsp3) is 0.923. The summed E-state index contributed by atoms with van der Waals surface area (Å²) >= 11 is 0. The van der Waals surface area contributed by atoms with Crippen molar-refractivity contribution in [3.63, 3.8) is 0 Å². The Balaban J connectivity index is 2.43. The molecule has 4 nitrogen and oxygen atoms in total. The second-order valence-corrected chi connectivity index (χ2v) is 5.57. The lowest BCUT2D eigenvalue weighted by Gasteiger charge is -2.31. The molecule has 1 amide bonds. The number of carbonyl (C=O) groups is 1. The van der Waals surface area contributed by atoms with Crippen LogP contribution >= 0.6 is 0 Å². The van der Waals surface area contributed by atoms with E-state index in [0.717, 1.165) is 32.6 Å². The third-order valence-corrected chi connectivity index (χ3v) is 2.85. The predicted octanol–water partition coefficient (Wildman–Crippen LogP) is 2.67. The second-order valence-electron chi connectivity index (χ2n) is 5.57. The molecule has 0 radical (unpaired) electrons. The van der Waals surface area contributed by atoms with Crippen LogP contribution in [0.3, 0.4) is 0 Å². The first-order valence-corrected chi connectivity index (χ1v) is 6.48. The summed E-state index contributed by atoms with van der Waals surface area (Å²) in [4.78, 5) is 13.7. The van der Waals surface area contributed by atoms with Gasteiger partial charge in [0.2, 0.25) is 0 Å². The summed E-state index contributed by atoms with van der Waals surface area (Å²) in [6, 6.07) is 0. The van der Waals surface area contributed by atoms with E-state index in [-0.39, 0.29) is 6.09 Å². The van der Waals surface area contributed by atoms with Crippen LogP contribution in [-0.4, -0.2) is 42.9 Å². The van der Waals surface area contributed by atoms with Gasteiger partial charge in [0.15, 0.2) is 0 Å². The van der Waals surface area contributed by atoms with Gasteiger partial charge in [0.25, 0.3) is 0 Å². The third kappa shape index (κ3) is 5.39. The van der Waals surface area contributed by atoms with E-state index >= 15 is 0 Å². The van der Waals surface area contributed by atoms with Gasteiger partial charge in [-0.25, -0.2) is 4.79 Å². The first kappa shape index (κ1) is 14.3. The van der Waals surface area contributed by atoms with E-state index < -0.39 is 5.60 Å². The van der Waals surface area contributed by atoms with Crippen LogP contribution in [0.5, 0.6) is 0 Å². The van der Waals surface area contributed by atoms with Crippen LogP contribution in [0.4, 0.5) is 4.79 Å². The molecule has 0 bridgehead atoms. The van der Waals surface area contributed by atoms with Crippen molar-refractivity contribution < 1.29 is 14.3 Å². The van der Waals surface area contributed by atoms with Gasteiger partial charge >= 0.3 is 6.09 Å². The smallest absolute Gasteiger partial charge is 0.410 e. The average Bonchev–Trinajstić information content (AvgIpc) is 2.24. The van der Waals surface area contributed by atoms with Crippen LogP contribution < -0.4 is 0 Å². The lowest BCUT2D eigenvalue weighted by Crippen LogP contribution is -2.40. The number of rotatable bonds is 3. The Labute approximate surface area is 104 Å². The van der Waals surface area contributed by atoms with Crippen LogP contribution in [0.2, 0.25) is 0 Å². The van der Waals surface area contributed by atoms with E-state index in [1.54, 1.807) is 4.90 Å². The maximum atomic E-state index is 11.9. The molecule has 0 N–H and O–H groups in total. The largest absolute Gasteiger partial charge is 0.444 e. The zero-order valence-electron chi connectivity index (χ0n) is 11.5. The van der Waals surface area contributed by atoms with Crippen molar-refractivity contribution >= 4 is 6.09 Å². The standard InChI is InChI=1S/C13H25NO3/c1-5-14(12(15)17-13(2,3)4)10-11-6-8-16-9-7-11/h11H,5-10H2,1-4H3. The fourth-order valence-electron chi connectivity index (χ4n) is 1.90. The van der Waals surface area contributed by atoms with Crippen LogP contribution in [0, 0.1) is 5.92 Å². The molecule has 17 heavy (non-hydrogen) atoms. The van der Waals surface area contributed by atoms with Crippen LogP contribution in [0.25, 0.3) is 0 Å². The summed E-state index contributed by atoms with van der Waals surface area (Å²) in [5, 5.41) is 0. The Bertz CT molecular complexity index is 242. The van der Waals surface area contributed by atoms with Crippen molar-refractivity contribution in [3.8, 4) is 0 Å². The Hall–Kier alpha value is -0.770. The molecular weight excluding hydrogens is 218 g/mol. The Kier molecular flexibility index (Phi) is 5.25. The van der Waals surface area contributed by atoms with Gasteiger partial charge in [-0.15, -0.1) is 0 Å². The first-order chi connectivity index (χ1) is 7.92. The van der Waals surface area contributed by atoms with E-state index in [1.165, 1.54) is 0 Å². The summed E-state index contributed by atoms with van der Waals surface area (Å²) in [6.07, 6.45) is 1.88. The number of amides is 1. The minimum absolute atomic E-state index is 0.202. The molecule has 1 rings (SSSR count). The molecule has 1 fully saturated rings. The van der Waals surface area contributed by atoms with Gasteiger partial charge < -0.3 is 14.4 Å². The van der Waals surface area contributed by atoms with E-state index in [9.17, 15) is 4.79 Å². The predicted molar refractivity (Wildman–Crippen MR) is 67.0 cm³/mol. The van der Waals surface area contributed by atoms with Gasteiger partial charge in [0, 0.05) is 26.3 Å². The molecule has 100 valence electrons. The maximum absolute atomic E-state index is 11.9. The number of carbonyl (C=O) groups excluding carboxylic acids is 1. The molecule has 0 spiro atoms. The second kappa shape index (κ2) is 6.24. The first-order valence-electron chi connectivity index (χ1n) is 6.48. The van der Waals surface area contributed by atoms with Gasteiger partial charge in [-0.05, 0) is 46.5 Å². The van der Waals surface area contributed by atoms with E-state index in [2.05, 4.69) is 0 Å². The van der Waals surface area contributed by atoms with Crippen molar-refractivity contribution in [2.75, 3.05) is 26.3 Å². The van der Waals surface area contributed by atoms with Gasteiger partial charge in [-0.1, -0.05) is 0 Å². The van der Waals surface area contributed by atoms with Crippen molar-refractivity contribution in [1.29, 1.82) is 0 Å². The van der Waals surface area contributed by atoms with Crippen molar-refractivity contribution in [1.82, 2.24) is 4.90 Å². The van der Waals surface area contributed by atoms with Crippen molar-refractivity contribution in [2.24, 2.45) is 5.92 Å². The molecule has 1 aliphatic rings. The molecule has 0 unspecified atom stereocenters. The minimum Gasteiger partial charge on any atom is -0.444 e. The van der Waals surface area contributed by atoms with E-state index in [1.807, 2.05) is 27.7 Å². The molecule has 1 aliphatic heterocycles. The SMILES string of the molecule is CCN(CC1CCOCC1)C(=O)OC(C)(C)C. The van der Waals surface area contributed by atoms with Crippen LogP contribution in [-0.2, 0) is 9.47 Å². The molecule has 0 aromatic rings. The number of nitrogens with zero attached hydrogens (tertiary/aromatic N) is 1. The zero-order chi connectivity index (χ0) is 12.9. The van der Waals surface area contributed by atoms with Gasteiger partial charge in [0.05, 0.1) is 0 Å². The highest BCUT2D eigenvalue weighted by Gasteiger charge is 2.24. The number of ether oxygens (including phenoxy) is 2. The zero-order valence-corrected chi connectivity index (χ0v) is 11.5. The highest BCUT2D eigenvalue weighted by atomic mass is 16.6. The molecule has 0 aromatic heterocycles. The molecule has 0 aromatic carbocycles. The third-order valence-electron chi connectivity index (χ3n) is 2.85. The molecule has 1 heterocycles. The van der Waals surface area contributed by atoms with Gasteiger partial charge in [0.1, 0.15) is 5.60 Å². The summed E-state index contributed by atoms with van der Waals surface area (Å²) in [5.41, 5.74) is -0.416. The van der Waals surface area contributed by atoms with E-state index in [0.29, 0.717) is 12.5 Å². The number of hydrogen-bond acceptors (Lipinski definition) is 3. The molecule has 0 saturated carbocycles. The average molecular weight is 243 g/mol. The quantitative estimate of drug-likeness (QED) is 0.765. The molecule has 1 saturated heterocycles. The Morgan fingerprint density at radius 3 is 2.41 bits per heavy atom. The minimum atomic E-state index is -0.416. The lowest BCUT2D eigenvalue weighted by atomic mass is 10.00. The normalized spacial score (nSPS) is 17.9. The van der Waals surface area contributed by atoms with Gasteiger partial charge in [-0.3, -0.25) is 0 Å². The number of hydrogen-bond donors (Lipinski definition) is 0. The highest BCUT2D eigenvalue weighted by Crippen LogP contribution is 2.17. The summed E-state index contributed by atoms with van der Waals surface area (Å²) in [5.74, 6) is 0.552. The fourth-order valence-corrected chi connectivity index (χ4v) is 1.90. The lowest BCUT2D eigenvalue weighted by molar-refractivity contribution is 0.0135. The van der Waals surface area contributed by atoms with Crippen molar-refractivity contribution in [2.45, 2.75) is 46.1 Å². The summed E-state index contributed by atoms with van der Waals surface area (Å²) < 4.78 is 10.7. The summed E-state index contributed by atoms with van der Waals surface area (Å²) in [6.45, 7) is 10.8. The monoisotopic (exact) mass is 243 g/mol. The highest BCUT2D eigenvalue weighted by molar-refractivity contribution is 5.68. The molecule has 4 heteroatoms. The Morgan fingerprint density at radius 2 is 1.94 bits per heavy atom. The Morgan fingerprint density at radius 1 is 1.35 bits per heavy atom. The van der Waals surface area contributed by atoms with Gasteiger partial charge in [-0.2, -0.15) is 0 Å². The maximum Gasteiger partial charge on any atom is 0.410 e. The van der Waals surface area contributed by atoms with Crippen LogP contribution in [0.15, 0.2) is 0 Å². The van der Waals surface area contributed by atoms with Crippen molar-refractivity contribution in [3.05, 3.63) is 0 Å². The molecule has 0 atom stereocenters. The van der Waals surface area contributed by atoms with E-state index in [4.69, 9.17) is 9.47 Å². The topological polar surface area (TPSA) is 38.8 Å². The molecular formula is C13H25NO3. The van der Waals surface area contributed by atoms with Crippen LogP contribution in [0.1, 0.15) is 40.5 Å².